The number of nitrogens with zero attached hydrogens (tertiary/aromatic N) is 2. The normalized spacial score (nSPS) is 13.2. The first-order valence-electron chi connectivity index (χ1n) is 13.3. The van der Waals surface area contributed by atoms with Crippen LogP contribution < -0.4 is 9.62 Å². The van der Waals surface area contributed by atoms with E-state index in [4.69, 9.17) is 11.6 Å². The van der Waals surface area contributed by atoms with E-state index >= 15 is 0 Å². The number of carbonyl (C=O) groups excluding carboxylic acids is 2. The Morgan fingerprint density at radius 1 is 1.02 bits per heavy atom. The first kappa shape index (κ1) is 34.4. The Kier molecular flexibility index (Phi) is 11.3. The number of sulfonamides is 1. The summed E-state index contributed by atoms with van der Waals surface area (Å²) in [5, 5.41) is 2.20. The van der Waals surface area contributed by atoms with Crippen LogP contribution in [0.2, 0.25) is 5.02 Å². The summed E-state index contributed by atoms with van der Waals surface area (Å²) in [6, 6.07) is 14.1. The highest BCUT2D eigenvalue weighted by Crippen LogP contribution is 2.38. The second-order valence-corrected chi connectivity index (χ2v) is 13.3. The summed E-state index contributed by atoms with van der Waals surface area (Å²) in [5.74, 6) is -1.26. The van der Waals surface area contributed by atoms with Gasteiger partial charge in [-0.05, 0) is 75.2 Å². The smallest absolute Gasteiger partial charge is 0.352 e. The molecule has 0 aromatic heterocycles. The lowest BCUT2D eigenvalue weighted by molar-refractivity contribution is -0.139. The molecule has 7 nitrogen and oxygen atoms in total. The van der Waals surface area contributed by atoms with Crippen LogP contribution >= 0.6 is 27.5 Å². The van der Waals surface area contributed by atoms with Gasteiger partial charge in [-0.15, -0.1) is 0 Å². The largest absolute Gasteiger partial charge is 0.417 e. The number of hydrogen-bond donors (Lipinski definition) is 1. The average molecular weight is 703 g/mol. The van der Waals surface area contributed by atoms with Crippen molar-refractivity contribution >= 4 is 55.1 Å². The van der Waals surface area contributed by atoms with Crippen LogP contribution in [0.15, 0.2) is 76.1 Å². The van der Waals surface area contributed by atoms with E-state index in [1.165, 1.54) is 36.1 Å². The van der Waals surface area contributed by atoms with Gasteiger partial charge in [0.1, 0.15) is 12.6 Å². The summed E-state index contributed by atoms with van der Waals surface area (Å²) in [7, 11) is -4.56. The quantitative estimate of drug-likeness (QED) is 0.234. The third-order valence-corrected chi connectivity index (χ3v) is 9.45. The number of carbonyl (C=O) groups is 2. The van der Waals surface area contributed by atoms with E-state index in [2.05, 4.69) is 21.2 Å². The van der Waals surface area contributed by atoms with Crippen molar-refractivity contribution in [2.45, 2.75) is 63.8 Å². The van der Waals surface area contributed by atoms with Gasteiger partial charge in [-0.1, -0.05) is 64.3 Å². The number of rotatable bonds is 11. The number of amides is 2. The molecule has 3 rings (SSSR count). The van der Waals surface area contributed by atoms with E-state index < -0.39 is 56.9 Å². The van der Waals surface area contributed by atoms with E-state index in [0.29, 0.717) is 22.4 Å². The van der Waals surface area contributed by atoms with Crippen molar-refractivity contribution in [1.82, 2.24) is 10.2 Å². The number of alkyl halides is 3. The number of anilines is 1. The first-order valence-corrected chi connectivity index (χ1v) is 16.0. The molecule has 13 heteroatoms. The Hall–Kier alpha value is -3.09. The van der Waals surface area contributed by atoms with Crippen LogP contribution in [-0.4, -0.2) is 43.8 Å². The van der Waals surface area contributed by atoms with E-state index in [1.807, 2.05) is 6.92 Å². The molecular formula is C30H32BrClF3N3O4S. The van der Waals surface area contributed by atoms with Gasteiger partial charge in [0, 0.05) is 17.1 Å². The molecule has 0 heterocycles. The van der Waals surface area contributed by atoms with Crippen molar-refractivity contribution in [3.05, 3.63) is 92.9 Å². The topological polar surface area (TPSA) is 86.8 Å². The lowest BCUT2D eigenvalue weighted by Crippen LogP contribution is -2.52. The molecule has 0 bridgehead atoms. The number of benzene rings is 3. The second kappa shape index (κ2) is 14.1. The Balaban J connectivity index is 2.12. The van der Waals surface area contributed by atoms with Gasteiger partial charge in [0.2, 0.25) is 11.8 Å². The minimum atomic E-state index is -4.88. The second-order valence-electron chi connectivity index (χ2n) is 10.1. The average Bonchev–Trinajstić information content (AvgIpc) is 2.94. The standard InChI is InChI=1S/C30H32BrClF3N3O4S/c1-5-20(3)36-29(40)21(4)37(17-22-7-6-8-23(31)15-22)28(39)18-38(43(41,42)25-12-9-19(2)10-13-25)24-11-14-27(32)26(16-24)30(33,34)35/h6-16,20-21H,5,17-18H2,1-4H3,(H,36,40)/t20-,21-/m1/s1. The summed E-state index contributed by atoms with van der Waals surface area (Å²) < 4.78 is 70.4. The molecule has 0 spiro atoms. The lowest BCUT2D eigenvalue weighted by atomic mass is 10.1. The predicted octanol–water partition coefficient (Wildman–Crippen LogP) is 6.96. The van der Waals surface area contributed by atoms with Gasteiger partial charge in [0.05, 0.1) is 21.2 Å². The zero-order valence-corrected chi connectivity index (χ0v) is 27.1. The highest BCUT2D eigenvalue weighted by atomic mass is 79.9. The molecule has 0 saturated carbocycles. The molecule has 0 saturated heterocycles. The molecule has 232 valence electrons. The summed E-state index contributed by atoms with van der Waals surface area (Å²) in [6.07, 6.45) is -4.25. The minimum absolute atomic E-state index is 0.0692. The molecule has 3 aromatic rings. The fourth-order valence-corrected chi connectivity index (χ4v) is 6.21. The van der Waals surface area contributed by atoms with Crippen molar-refractivity contribution < 1.29 is 31.2 Å². The molecule has 0 aliphatic rings. The van der Waals surface area contributed by atoms with Crippen molar-refractivity contribution in [2.75, 3.05) is 10.8 Å². The van der Waals surface area contributed by atoms with Crippen molar-refractivity contribution in [2.24, 2.45) is 0 Å². The maximum atomic E-state index is 14.0. The Morgan fingerprint density at radius 2 is 1.67 bits per heavy atom. The first-order chi connectivity index (χ1) is 20.0. The number of nitrogens with one attached hydrogen (secondary N) is 1. The highest BCUT2D eigenvalue weighted by Gasteiger charge is 2.37. The highest BCUT2D eigenvalue weighted by molar-refractivity contribution is 9.10. The SMILES string of the molecule is CC[C@@H](C)NC(=O)[C@@H](C)N(Cc1cccc(Br)c1)C(=O)CN(c1ccc(Cl)c(C(F)(F)F)c1)S(=O)(=O)c1ccc(C)cc1. The van der Waals surface area contributed by atoms with Gasteiger partial charge in [0.25, 0.3) is 10.0 Å². The molecule has 0 radical (unpaired) electrons. The van der Waals surface area contributed by atoms with E-state index in [0.717, 1.165) is 22.2 Å². The number of hydrogen-bond acceptors (Lipinski definition) is 4. The van der Waals surface area contributed by atoms with Crippen LogP contribution in [0.4, 0.5) is 18.9 Å². The van der Waals surface area contributed by atoms with Crippen molar-refractivity contribution in [1.29, 1.82) is 0 Å². The Labute approximate surface area is 263 Å². The molecular weight excluding hydrogens is 671 g/mol. The van der Waals surface area contributed by atoms with Gasteiger partial charge in [-0.25, -0.2) is 8.42 Å². The van der Waals surface area contributed by atoms with Crippen molar-refractivity contribution in [3.63, 3.8) is 0 Å². The maximum absolute atomic E-state index is 14.0. The molecule has 3 aromatic carbocycles. The lowest BCUT2D eigenvalue weighted by Gasteiger charge is -2.32. The summed E-state index contributed by atoms with van der Waals surface area (Å²) >= 11 is 9.19. The molecule has 2 amide bonds. The number of aryl methyl sites for hydroxylation is 1. The molecule has 0 aliphatic heterocycles. The molecule has 2 atom stereocenters. The third-order valence-electron chi connectivity index (χ3n) is 6.84. The van der Waals surface area contributed by atoms with Gasteiger partial charge in [0.15, 0.2) is 0 Å². The molecule has 1 N–H and O–H groups in total. The van der Waals surface area contributed by atoms with Crippen molar-refractivity contribution in [3.8, 4) is 0 Å². The molecule has 0 aliphatic carbocycles. The van der Waals surface area contributed by atoms with Gasteiger partial charge < -0.3 is 10.2 Å². The third kappa shape index (κ3) is 8.73. The van der Waals surface area contributed by atoms with Crippen LogP contribution in [0.25, 0.3) is 0 Å². The predicted molar refractivity (Wildman–Crippen MR) is 164 cm³/mol. The van der Waals surface area contributed by atoms with E-state index in [1.54, 1.807) is 38.1 Å². The molecule has 0 fully saturated rings. The summed E-state index contributed by atoms with van der Waals surface area (Å²) in [5.41, 5.74) is -0.265. The zero-order valence-electron chi connectivity index (χ0n) is 24.0. The maximum Gasteiger partial charge on any atom is 0.417 e. The summed E-state index contributed by atoms with van der Waals surface area (Å²) in [6.45, 7) is 5.99. The Morgan fingerprint density at radius 3 is 2.26 bits per heavy atom. The zero-order chi connectivity index (χ0) is 32.1. The van der Waals surface area contributed by atoms with E-state index in [-0.39, 0.29) is 17.5 Å². The minimum Gasteiger partial charge on any atom is -0.352 e. The molecule has 0 unspecified atom stereocenters. The van der Waals surface area contributed by atoms with Crippen LogP contribution in [0.1, 0.15) is 43.9 Å². The van der Waals surface area contributed by atoms with Crippen LogP contribution in [0.5, 0.6) is 0 Å². The fourth-order valence-electron chi connectivity index (χ4n) is 4.13. The van der Waals surface area contributed by atoms with Gasteiger partial charge in [-0.2, -0.15) is 13.2 Å². The fraction of sp³-hybridized carbons (Fsp3) is 0.333. The van der Waals surface area contributed by atoms with Gasteiger partial charge >= 0.3 is 6.18 Å². The molecule has 43 heavy (non-hydrogen) atoms. The van der Waals surface area contributed by atoms with Crippen LogP contribution in [0, 0.1) is 6.92 Å². The Bertz CT molecular complexity index is 1570. The monoisotopic (exact) mass is 701 g/mol. The van der Waals surface area contributed by atoms with Crippen LogP contribution in [-0.2, 0) is 32.3 Å². The van der Waals surface area contributed by atoms with E-state index in [9.17, 15) is 31.2 Å². The van der Waals surface area contributed by atoms with Gasteiger partial charge in [-0.3, -0.25) is 13.9 Å². The summed E-state index contributed by atoms with van der Waals surface area (Å²) in [4.78, 5) is 28.1. The van der Waals surface area contributed by atoms with Crippen LogP contribution in [0.3, 0.4) is 0 Å². The number of halogens is 5.